The van der Waals surface area contributed by atoms with Crippen molar-refractivity contribution in [3.05, 3.63) is 70.3 Å². The number of hydroxylamine groups is 1. The number of nitrogens with zero attached hydrogens (tertiary/aromatic N) is 2. The standard InChI is InChI=1S/C24H27FN6O3/c25-17-12-10-16(11-13-17)22-28-21(34-31-22)9-5-8-20(32)26-14-3-4-15-27-23-18-6-1-2-7-19(18)24(33)30-29-23/h1-2,6-7,10-13,22,31H,3-5,8-9,14-15H2,(H,26,32)(H,27,29)(H,30,33). The highest BCUT2D eigenvalue weighted by atomic mass is 19.1. The molecule has 0 saturated heterocycles. The lowest BCUT2D eigenvalue weighted by Gasteiger charge is -2.08. The number of benzene rings is 2. The number of hydrogen-bond acceptors (Lipinski definition) is 7. The Bertz CT molecular complexity index is 1210. The molecule has 178 valence electrons. The summed E-state index contributed by atoms with van der Waals surface area (Å²) in [4.78, 5) is 33.7. The van der Waals surface area contributed by atoms with E-state index in [0.29, 0.717) is 49.5 Å². The topological polar surface area (TPSA) is 120 Å². The average molecular weight is 467 g/mol. The van der Waals surface area contributed by atoms with Gasteiger partial charge in [0.2, 0.25) is 11.8 Å². The summed E-state index contributed by atoms with van der Waals surface area (Å²) in [6.45, 7) is 1.27. The molecule has 4 N–H and O–H groups in total. The quantitative estimate of drug-likeness (QED) is 0.322. The predicted octanol–water partition coefficient (Wildman–Crippen LogP) is 3.17. The van der Waals surface area contributed by atoms with Crippen molar-refractivity contribution in [2.75, 3.05) is 18.4 Å². The Morgan fingerprint density at radius 1 is 1.03 bits per heavy atom. The average Bonchev–Trinajstić information content (AvgIpc) is 3.32. The van der Waals surface area contributed by atoms with E-state index in [-0.39, 0.29) is 23.4 Å². The van der Waals surface area contributed by atoms with E-state index in [4.69, 9.17) is 4.84 Å². The summed E-state index contributed by atoms with van der Waals surface area (Å²) in [5.74, 6) is 0.875. The first-order valence-corrected chi connectivity index (χ1v) is 11.3. The molecule has 0 bridgehead atoms. The van der Waals surface area contributed by atoms with Gasteiger partial charge in [0.05, 0.1) is 5.39 Å². The van der Waals surface area contributed by atoms with E-state index in [1.165, 1.54) is 12.1 Å². The molecule has 0 fully saturated rings. The van der Waals surface area contributed by atoms with E-state index in [0.717, 1.165) is 23.8 Å². The van der Waals surface area contributed by atoms with Gasteiger partial charge >= 0.3 is 0 Å². The number of anilines is 1. The lowest BCUT2D eigenvalue weighted by atomic mass is 10.2. The van der Waals surface area contributed by atoms with Crippen molar-refractivity contribution in [2.24, 2.45) is 4.99 Å². The fourth-order valence-electron chi connectivity index (χ4n) is 3.65. The Labute approximate surface area is 195 Å². The number of fused-ring (bicyclic) bond motifs is 1. The third-order valence-electron chi connectivity index (χ3n) is 5.46. The Kier molecular flexibility index (Phi) is 7.82. The second-order valence-corrected chi connectivity index (χ2v) is 7.98. The molecule has 0 spiro atoms. The summed E-state index contributed by atoms with van der Waals surface area (Å²) >= 11 is 0. The smallest absolute Gasteiger partial charge is 0.272 e. The summed E-state index contributed by atoms with van der Waals surface area (Å²) in [7, 11) is 0. The van der Waals surface area contributed by atoms with E-state index < -0.39 is 0 Å². The number of amides is 1. The fourth-order valence-corrected chi connectivity index (χ4v) is 3.65. The molecule has 1 aromatic heterocycles. The van der Waals surface area contributed by atoms with Crippen molar-refractivity contribution >= 4 is 28.4 Å². The summed E-state index contributed by atoms with van der Waals surface area (Å²) in [6, 6.07) is 13.4. The van der Waals surface area contributed by atoms with Gasteiger partial charge in [-0.2, -0.15) is 5.10 Å². The van der Waals surface area contributed by atoms with E-state index in [2.05, 4.69) is 31.3 Å². The molecule has 0 saturated carbocycles. The Morgan fingerprint density at radius 3 is 2.62 bits per heavy atom. The van der Waals surface area contributed by atoms with Gasteiger partial charge in [-0.1, -0.05) is 30.3 Å². The van der Waals surface area contributed by atoms with Crippen LogP contribution in [0.25, 0.3) is 10.8 Å². The van der Waals surface area contributed by atoms with Gasteiger partial charge in [-0.25, -0.2) is 14.5 Å². The molecule has 1 atom stereocenters. The van der Waals surface area contributed by atoms with Crippen LogP contribution in [-0.4, -0.2) is 35.1 Å². The van der Waals surface area contributed by atoms with Crippen LogP contribution < -0.4 is 21.7 Å². The molecule has 2 heterocycles. The lowest BCUT2D eigenvalue weighted by molar-refractivity contribution is -0.121. The molecule has 3 aromatic rings. The maximum Gasteiger partial charge on any atom is 0.272 e. The number of hydrogen-bond donors (Lipinski definition) is 4. The monoisotopic (exact) mass is 466 g/mol. The lowest BCUT2D eigenvalue weighted by Crippen LogP contribution is -2.24. The molecule has 34 heavy (non-hydrogen) atoms. The number of aromatic amines is 1. The Balaban J connectivity index is 1.09. The van der Waals surface area contributed by atoms with Crippen LogP contribution in [-0.2, 0) is 9.63 Å². The molecule has 1 unspecified atom stereocenters. The molecular formula is C24H27FN6O3. The summed E-state index contributed by atoms with van der Waals surface area (Å²) in [6.07, 6.45) is 2.85. The van der Waals surface area contributed by atoms with E-state index >= 15 is 0 Å². The van der Waals surface area contributed by atoms with Crippen LogP contribution >= 0.6 is 0 Å². The molecule has 0 aliphatic carbocycles. The van der Waals surface area contributed by atoms with Gasteiger partial charge in [0, 0.05) is 31.3 Å². The van der Waals surface area contributed by atoms with Gasteiger partial charge in [-0.15, -0.1) is 5.48 Å². The molecule has 1 aliphatic rings. The number of rotatable bonds is 11. The number of unbranched alkanes of at least 4 members (excludes halogenated alkanes) is 1. The van der Waals surface area contributed by atoms with Gasteiger partial charge in [0.15, 0.2) is 12.0 Å². The second kappa shape index (κ2) is 11.4. The molecule has 10 heteroatoms. The highest BCUT2D eigenvalue weighted by molar-refractivity contribution is 5.90. The van der Waals surface area contributed by atoms with Gasteiger partial charge in [-0.3, -0.25) is 9.59 Å². The number of aromatic nitrogens is 2. The van der Waals surface area contributed by atoms with E-state index in [1.807, 2.05) is 18.2 Å². The van der Waals surface area contributed by atoms with Crippen LogP contribution in [0.3, 0.4) is 0 Å². The van der Waals surface area contributed by atoms with Crippen molar-refractivity contribution in [3.8, 4) is 0 Å². The zero-order valence-corrected chi connectivity index (χ0v) is 18.6. The third kappa shape index (κ3) is 6.16. The van der Waals surface area contributed by atoms with Gasteiger partial charge in [0.1, 0.15) is 5.82 Å². The number of H-pyrrole nitrogens is 1. The first-order chi connectivity index (χ1) is 16.6. The minimum atomic E-state index is -0.359. The molecule has 0 radical (unpaired) electrons. The first kappa shape index (κ1) is 23.4. The molecule has 9 nitrogen and oxygen atoms in total. The van der Waals surface area contributed by atoms with Crippen LogP contribution in [0.15, 0.2) is 58.3 Å². The van der Waals surface area contributed by atoms with Gasteiger partial charge < -0.3 is 15.5 Å². The maximum atomic E-state index is 13.0. The molecular weight excluding hydrogens is 439 g/mol. The number of aliphatic imine (C=N–C) groups is 1. The first-order valence-electron chi connectivity index (χ1n) is 11.3. The summed E-state index contributed by atoms with van der Waals surface area (Å²) in [5, 5.41) is 14.1. The molecule has 1 aliphatic heterocycles. The Hall–Kier alpha value is -3.79. The Morgan fingerprint density at radius 2 is 1.79 bits per heavy atom. The van der Waals surface area contributed by atoms with Crippen LogP contribution in [0.5, 0.6) is 0 Å². The van der Waals surface area contributed by atoms with Crippen molar-refractivity contribution in [2.45, 2.75) is 38.3 Å². The number of carbonyl (C=O) groups is 1. The van der Waals surface area contributed by atoms with Crippen LogP contribution in [0.1, 0.15) is 43.8 Å². The van der Waals surface area contributed by atoms with Gasteiger partial charge in [-0.05, 0) is 43.0 Å². The molecule has 1 amide bonds. The third-order valence-corrected chi connectivity index (χ3v) is 5.46. The van der Waals surface area contributed by atoms with Crippen LogP contribution in [0, 0.1) is 5.82 Å². The van der Waals surface area contributed by atoms with E-state index in [1.54, 1.807) is 18.2 Å². The largest absolute Gasteiger partial charge is 0.391 e. The minimum absolute atomic E-state index is 0.0112. The predicted molar refractivity (Wildman–Crippen MR) is 128 cm³/mol. The number of carbonyl (C=O) groups excluding carboxylic acids is 1. The fraction of sp³-hybridized carbons (Fsp3) is 0.333. The summed E-state index contributed by atoms with van der Waals surface area (Å²) in [5.41, 5.74) is 3.41. The maximum absolute atomic E-state index is 13.0. The van der Waals surface area contributed by atoms with E-state index in [9.17, 15) is 14.0 Å². The van der Waals surface area contributed by atoms with Crippen LogP contribution in [0.2, 0.25) is 0 Å². The van der Waals surface area contributed by atoms with Crippen LogP contribution in [0.4, 0.5) is 10.2 Å². The van der Waals surface area contributed by atoms with Crippen molar-refractivity contribution in [1.82, 2.24) is 21.0 Å². The zero-order chi connectivity index (χ0) is 23.8. The minimum Gasteiger partial charge on any atom is -0.391 e. The molecule has 4 rings (SSSR count). The molecule has 2 aromatic carbocycles. The van der Waals surface area contributed by atoms with Crippen molar-refractivity contribution in [1.29, 1.82) is 0 Å². The SMILES string of the molecule is O=C(CCCC1=NC(c2ccc(F)cc2)NO1)NCCCCNc1n[nH]c(=O)c2ccccc12. The van der Waals surface area contributed by atoms with Gasteiger partial charge in [0.25, 0.3) is 5.56 Å². The second-order valence-electron chi connectivity index (χ2n) is 7.98. The van der Waals surface area contributed by atoms with Crippen molar-refractivity contribution in [3.63, 3.8) is 0 Å². The number of nitrogens with one attached hydrogen (secondary N) is 4. The normalized spacial score (nSPS) is 15.1. The highest BCUT2D eigenvalue weighted by Crippen LogP contribution is 2.20. The zero-order valence-electron chi connectivity index (χ0n) is 18.6. The van der Waals surface area contributed by atoms with Crippen molar-refractivity contribution < 1.29 is 14.0 Å². The number of halogens is 1. The summed E-state index contributed by atoms with van der Waals surface area (Å²) < 4.78 is 13.0. The highest BCUT2D eigenvalue weighted by Gasteiger charge is 2.20.